The topological polar surface area (TPSA) is 104 Å². The molecule has 1 aliphatic rings. The standard InChI is InChI=1S/C11H14F3N3O4S2/c1-6(2)17-23(20,21)9-4-10-8(3-7(9)11(12,13)14)15-5-16-22(10,18)19/h3-4,6,15-17H,5H2,1-2H3. The number of alkyl halides is 3. The molecule has 3 N–H and O–H groups in total. The van der Waals surface area contributed by atoms with Crippen molar-refractivity contribution in [1.29, 1.82) is 0 Å². The number of fused-ring (bicyclic) bond motifs is 1. The third kappa shape index (κ3) is 3.59. The molecule has 0 bridgehead atoms. The van der Waals surface area contributed by atoms with Crippen LogP contribution < -0.4 is 14.8 Å². The summed E-state index contributed by atoms with van der Waals surface area (Å²) in [6, 6.07) is 0.338. The first-order chi connectivity index (χ1) is 10.3. The van der Waals surface area contributed by atoms with Crippen molar-refractivity contribution in [3.8, 4) is 0 Å². The Morgan fingerprint density at radius 2 is 1.87 bits per heavy atom. The minimum absolute atomic E-state index is 0.289. The highest BCUT2D eigenvalue weighted by Crippen LogP contribution is 2.39. The Bertz CT molecular complexity index is 833. The van der Waals surface area contributed by atoms with Crippen LogP contribution >= 0.6 is 0 Å². The van der Waals surface area contributed by atoms with Gasteiger partial charge in [0.2, 0.25) is 20.0 Å². The summed E-state index contributed by atoms with van der Waals surface area (Å²) in [6.07, 6.45) is -4.97. The van der Waals surface area contributed by atoms with Crippen molar-refractivity contribution < 1.29 is 30.0 Å². The van der Waals surface area contributed by atoms with E-state index in [1.54, 1.807) is 0 Å². The van der Waals surface area contributed by atoms with Crippen molar-refractivity contribution in [2.45, 2.75) is 35.9 Å². The second-order valence-electron chi connectivity index (χ2n) is 5.12. The summed E-state index contributed by atoms with van der Waals surface area (Å²) in [5, 5.41) is 2.44. The van der Waals surface area contributed by atoms with E-state index in [1.165, 1.54) is 13.8 Å². The lowest BCUT2D eigenvalue weighted by atomic mass is 10.2. The summed E-state index contributed by atoms with van der Waals surface area (Å²) in [5.74, 6) is 0. The molecule has 0 unspecified atom stereocenters. The van der Waals surface area contributed by atoms with Crippen molar-refractivity contribution >= 4 is 25.7 Å². The maximum absolute atomic E-state index is 13.2. The smallest absolute Gasteiger partial charge is 0.370 e. The van der Waals surface area contributed by atoms with Gasteiger partial charge in [-0.1, -0.05) is 0 Å². The van der Waals surface area contributed by atoms with Crippen LogP contribution in [0.2, 0.25) is 0 Å². The molecule has 130 valence electrons. The van der Waals surface area contributed by atoms with Gasteiger partial charge in [-0.3, -0.25) is 0 Å². The number of halogens is 3. The Morgan fingerprint density at radius 1 is 1.26 bits per heavy atom. The Hall–Kier alpha value is -1.37. The predicted molar refractivity (Wildman–Crippen MR) is 75.7 cm³/mol. The molecular weight excluding hydrogens is 359 g/mol. The number of hydrogen-bond acceptors (Lipinski definition) is 5. The Labute approximate surface area is 131 Å². The van der Waals surface area contributed by atoms with Gasteiger partial charge in [-0.15, -0.1) is 0 Å². The van der Waals surface area contributed by atoms with Gasteiger partial charge in [0.05, 0.1) is 22.8 Å². The van der Waals surface area contributed by atoms with E-state index in [0.717, 1.165) is 0 Å². The normalized spacial score (nSPS) is 17.7. The number of anilines is 1. The highest BCUT2D eigenvalue weighted by molar-refractivity contribution is 7.90. The zero-order valence-corrected chi connectivity index (χ0v) is 13.7. The molecule has 23 heavy (non-hydrogen) atoms. The third-order valence-corrected chi connectivity index (χ3v) is 6.04. The highest BCUT2D eigenvalue weighted by Gasteiger charge is 2.40. The lowest BCUT2D eigenvalue weighted by Gasteiger charge is -2.23. The van der Waals surface area contributed by atoms with Crippen LogP contribution in [0.15, 0.2) is 21.9 Å². The molecule has 2 rings (SSSR count). The number of rotatable bonds is 3. The van der Waals surface area contributed by atoms with Crippen LogP contribution in [0.5, 0.6) is 0 Å². The van der Waals surface area contributed by atoms with Gasteiger partial charge in [-0.05, 0) is 26.0 Å². The quantitative estimate of drug-likeness (QED) is 0.735. The van der Waals surface area contributed by atoms with Gasteiger partial charge in [-0.25, -0.2) is 21.6 Å². The largest absolute Gasteiger partial charge is 0.417 e. The molecule has 1 heterocycles. The zero-order valence-electron chi connectivity index (χ0n) is 12.0. The molecule has 0 aliphatic carbocycles. The highest BCUT2D eigenvalue weighted by atomic mass is 32.2. The van der Waals surface area contributed by atoms with E-state index in [1.807, 2.05) is 4.72 Å². The number of sulfonamides is 2. The van der Waals surface area contributed by atoms with Gasteiger partial charge in [0.25, 0.3) is 0 Å². The molecule has 12 heteroatoms. The van der Waals surface area contributed by atoms with Crippen LogP contribution in [0.25, 0.3) is 0 Å². The first-order valence-electron chi connectivity index (χ1n) is 6.36. The van der Waals surface area contributed by atoms with E-state index in [4.69, 9.17) is 0 Å². The summed E-state index contributed by atoms with van der Waals surface area (Å²) in [6.45, 7) is 2.58. The van der Waals surface area contributed by atoms with Gasteiger partial charge in [0.15, 0.2) is 0 Å². The Kier molecular flexibility index (Phi) is 4.39. The molecule has 1 aromatic carbocycles. The summed E-state index contributed by atoms with van der Waals surface area (Å²) < 4.78 is 91.8. The van der Waals surface area contributed by atoms with E-state index in [2.05, 4.69) is 10.0 Å². The maximum atomic E-state index is 13.2. The fourth-order valence-electron chi connectivity index (χ4n) is 2.04. The van der Waals surface area contributed by atoms with Crippen molar-refractivity contribution in [3.05, 3.63) is 17.7 Å². The van der Waals surface area contributed by atoms with E-state index in [-0.39, 0.29) is 12.4 Å². The van der Waals surface area contributed by atoms with Crippen LogP contribution in [-0.2, 0) is 26.2 Å². The van der Waals surface area contributed by atoms with E-state index >= 15 is 0 Å². The molecular formula is C11H14F3N3O4S2. The average Bonchev–Trinajstić information content (AvgIpc) is 2.34. The number of nitrogens with one attached hydrogen (secondary N) is 3. The van der Waals surface area contributed by atoms with E-state index in [9.17, 15) is 30.0 Å². The molecule has 1 aromatic rings. The minimum Gasteiger partial charge on any atom is -0.370 e. The van der Waals surface area contributed by atoms with Crippen molar-refractivity contribution in [2.24, 2.45) is 0 Å². The van der Waals surface area contributed by atoms with E-state index in [0.29, 0.717) is 12.1 Å². The van der Waals surface area contributed by atoms with Gasteiger partial charge in [0, 0.05) is 6.04 Å². The molecule has 0 amide bonds. The van der Waals surface area contributed by atoms with E-state index < -0.39 is 47.6 Å². The third-order valence-electron chi connectivity index (χ3n) is 2.90. The van der Waals surface area contributed by atoms with Crippen LogP contribution in [0, 0.1) is 0 Å². The molecule has 7 nitrogen and oxygen atoms in total. The monoisotopic (exact) mass is 373 g/mol. The molecule has 0 spiro atoms. The molecule has 0 aromatic heterocycles. The fourth-order valence-corrected chi connectivity index (χ4v) is 4.71. The summed E-state index contributed by atoms with van der Waals surface area (Å²) in [4.78, 5) is -1.69. The fraction of sp³-hybridized carbons (Fsp3) is 0.455. The zero-order chi connectivity index (χ0) is 17.6. The Balaban J connectivity index is 2.79. The van der Waals surface area contributed by atoms with Gasteiger partial charge in [0.1, 0.15) is 4.90 Å². The number of benzene rings is 1. The van der Waals surface area contributed by atoms with Gasteiger partial charge in [-0.2, -0.15) is 17.9 Å². The predicted octanol–water partition coefficient (Wildman–Crippen LogP) is 1.05. The molecule has 0 saturated carbocycles. The summed E-state index contributed by atoms with van der Waals surface area (Å²) in [5.41, 5.74) is -1.74. The Morgan fingerprint density at radius 3 is 2.39 bits per heavy atom. The number of hydrogen-bond donors (Lipinski definition) is 3. The average molecular weight is 373 g/mol. The first kappa shape index (κ1) is 18.0. The molecule has 1 aliphatic heterocycles. The van der Waals surface area contributed by atoms with Crippen LogP contribution in [-0.4, -0.2) is 29.5 Å². The summed E-state index contributed by atoms with van der Waals surface area (Å²) in [7, 11) is -8.63. The molecule has 0 atom stereocenters. The van der Waals surface area contributed by atoms with Crippen molar-refractivity contribution in [3.63, 3.8) is 0 Å². The second kappa shape index (κ2) is 5.61. The van der Waals surface area contributed by atoms with Gasteiger partial charge >= 0.3 is 6.18 Å². The SMILES string of the molecule is CC(C)NS(=O)(=O)c1cc2c(cc1C(F)(F)F)NCNS2(=O)=O. The van der Waals surface area contributed by atoms with Gasteiger partial charge < -0.3 is 5.32 Å². The van der Waals surface area contributed by atoms with Crippen LogP contribution in [0.1, 0.15) is 19.4 Å². The van der Waals surface area contributed by atoms with Crippen LogP contribution in [0.3, 0.4) is 0 Å². The minimum atomic E-state index is -4.97. The summed E-state index contributed by atoms with van der Waals surface area (Å²) >= 11 is 0. The lowest BCUT2D eigenvalue weighted by molar-refractivity contribution is -0.139. The first-order valence-corrected chi connectivity index (χ1v) is 9.32. The second-order valence-corrected chi connectivity index (χ2v) is 8.54. The lowest BCUT2D eigenvalue weighted by Crippen LogP contribution is -2.36. The molecule has 0 fully saturated rings. The maximum Gasteiger partial charge on any atom is 0.417 e. The molecule has 0 saturated heterocycles. The molecule has 0 radical (unpaired) electrons. The van der Waals surface area contributed by atoms with Crippen LogP contribution in [0.4, 0.5) is 18.9 Å². The van der Waals surface area contributed by atoms with Crippen molar-refractivity contribution in [1.82, 2.24) is 9.44 Å². The van der Waals surface area contributed by atoms with Crippen molar-refractivity contribution in [2.75, 3.05) is 12.0 Å².